The lowest BCUT2D eigenvalue weighted by Crippen LogP contribution is -2.02. The van der Waals surface area contributed by atoms with Crippen LogP contribution in [0.4, 0.5) is 0 Å². The minimum Gasteiger partial charge on any atom is -0.0616 e. The molecule has 3 rings (SSSR count). The summed E-state index contributed by atoms with van der Waals surface area (Å²) >= 11 is 0. The summed E-state index contributed by atoms with van der Waals surface area (Å²) in [7, 11) is 0. The molecule has 0 saturated carbocycles. The van der Waals surface area contributed by atoms with E-state index in [4.69, 9.17) is 0 Å². The van der Waals surface area contributed by atoms with Gasteiger partial charge in [0.25, 0.3) is 0 Å². The lowest BCUT2D eigenvalue weighted by Gasteiger charge is -2.21. The van der Waals surface area contributed by atoms with Crippen molar-refractivity contribution < 1.29 is 0 Å². The highest BCUT2D eigenvalue weighted by Gasteiger charge is 2.15. The van der Waals surface area contributed by atoms with Gasteiger partial charge in [-0.15, -0.1) is 0 Å². The Morgan fingerprint density at radius 1 is 0.652 bits per heavy atom. The summed E-state index contributed by atoms with van der Waals surface area (Å²) in [5.74, 6) is 1.12. The minimum atomic E-state index is 0.548. The van der Waals surface area contributed by atoms with E-state index < -0.39 is 0 Å². The fourth-order valence-corrected chi connectivity index (χ4v) is 3.63. The molecule has 0 bridgehead atoms. The first kappa shape index (κ1) is 15.8. The lowest BCUT2D eigenvalue weighted by molar-refractivity contribution is 0.783. The van der Waals surface area contributed by atoms with E-state index in [0.717, 1.165) is 0 Å². The molecule has 3 aromatic rings. The van der Waals surface area contributed by atoms with Crippen LogP contribution in [0, 0.1) is 6.92 Å². The maximum absolute atomic E-state index is 2.40. The van der Waals surface area contributed by atoms with E-state index in [1.807, 2.05) is 0 Å². The predicted octanol–water partition coefficient (Wildman–Crippen LogP) is 7.06. The molecule has 118 valence electrons. The van der Waals surface area contributed by atoms with E-state index in [0.29, 0.717) is 11.8 Å². The van der Waals surface area contributed by atoms with Crippen molar-refractivity contribution in [2.75, 3.05) is 0 Å². The topological polar surface area (TPSA) is 0 Å². The van der Waals surface area contributed by atoms with Crippen molar-refractivity contribution in [3.05, 3.63) is 71.3 Å². The van der Waals surface area contributed by atoms with Crippen LogP contribution in [0.3, 0.4) is 0 Å². The molecule has 0 spiro atoms. The third-order valence-corrected chi connectivity index (χ3v) is 4.70. The molecule has 3 aromatic carbocycles. The highest BCUT2D eigenvalue weighted by atomic mass is 14.2. The Bertz CT molecular complexity index is 838. The Morgan fingerprint density at radius 3 is 2.00 bits per heavy atom. The number of hydrogen-bond acceptors (Lipinski definition) is 0. The van der Waals surface area contributed by atoms with E-state index >= 15 is 0 Å². The molecule has 0 aliphatic carbocycles. The van der Waals surface area contributed by atoms with Crippen LogP contribution in [-0.2, 0) is 0 Å². The standard InChI is InChI=1S/C23H26/c1-15(2)22-14-21(12-17(5)23(22)16(3)4)20-11-10-18-8-6-7-9-19(18)13-20/h6-16H,1-5H3. The molecular formula is C23H26. The molecule has 0 nitrogen and oxygen atoms in total. The molecule has 0 aliphatic rings. The van der Waals surface area contributed by atoms with Gasteiger partial charge < -0.3 is 0 Å². The highest BCUT2D eigenvalue weighted by molar-refractivity contribution is 5.87. The Hall–Kier alpha value is -2.08. The van der Waals surface area contributed by atoms with Gasteiger partial charge in [0, 0.05) is 0 Å². The Morgan fingerprint density at radius 2 is 1.35 bits per heavy atom. The van der Waals surface area contributed by atoms with Crippen LogP contribution in [0.15, 0.2) is 54.6 Å². The Balaban J connectivity index is 2.18. The van der Waals surface area contributed by atoms with Gasteiger partial charge in [0.2, 0.25) is 0 Å². The van der Waals surface area contributed by atoms with E-state index in [-0.39, 0.29) is 0 Å². The highest BCUT2D eigenvalue weighted by Crippen LogP contribution is 2.34. The van der Waals surface area contributed by atoms with Crippen molar-refractivity contribution >= 4 is 10.8 Å². The average molecular weight is 302 g/mol. The van der Waals surface area contributed by atoms with Crippen LogP contribution in [0.25, 0.3) is 21.9 Å². The van der Waals surface area contributed by atoms with Crippen molar-refractivity contribution in [3.8, 4) is 11.1 Å². The Labute approximate surface area is 140 Å². The van der Waals surface area contributed by atoms with E-state index in [1.165, 1.54) is 38.6 Å². The van der Waals surface area contributed by atoms with Gasteiger partial charge in [-0.2, -0.15) is 0 Å². The van der Waals surface area contributed by atoms with Crippen LogP contribution in [0.1, 0.15) is 56.2 Å². The second kappa shape index (κ2) is 6.20. The summed E-state index contributed by atoms with van der Waals surface area (Å²) in [4.78, 5) is 0. The average Bonchev–Trinajstić information content (AvgIpc) is 2.53. The molecule has 0 saturated heterocycles. The van der Waals surface area contributed by atoms with Gasteiger partial charge in [-0.25, -0.2) is 0 Å². The maximum atomic E-state index is 2.40. The van der Waals surface area contributed by atoms with Crippen molar-refractivity contribution in [3.63, 3.8) is 0 Å². The molecule has 0 heteroatoms. The number of aryl methyl sites for hydroxylation is 1. The number of hydrogen-bond donors (Lipinski definition) is 0. The molecule has 0 atom stereocenters. The molecule has 0 heterocycles. The molecule has 0 N–H and O–H groups in total. The summed E-state index contributed by atoms with van der Waals surface area (Å²) in [5, 5.41) is 2.61. The van der Waals surface area contributed by atoms with Gasteiger partial charge in [-0.3, -0.25) is 0 Å². The smallest absolute Gasteiger partial charge is 0.0177 e. The zero-order chi connectivity index (χ0) is 16.6. The zero-order valence-electron chi connectivity index (χ0n) is 14.9. The first-order valence-corrected chi connectivity index (χ1v) is 8.61. The maximum Gasteiger partial charge on any atom is -0.0177 e. The number of fused-ring (bicyclic) bond motifs is 1. The third kappa shape index (κ3) is 3.03. The van der Waals surface area contributed by atoms with Crippen molar-refractivity contribution in [1.82, 2.24) is 0 Å². The van der Waals surface area contributed by atoms with E-state index in [9.17, 15) is 0 Å². The summed E-state index contributed by atoms with van der Waals surface area (Å²) < 4.78 is 0. The van der Waals surface area contributed by atoms with Crippen LogP contribution < -0.4 is 0 Å². The second-order valence-electron chi connectivity index (χ2n) is 7.17. The summed E-state index contributed by atoms with van der Waals surface area (Å²) in [6.45, 7) is 11.4. The fourth-order valence-electron chi connectivity index (χ4n) is 3.63. The van der Waals surface area contributed by atoms with Gasteiger partial charge >= 0.3 is 0 Å². The summed E-state index contributed by atoms with van der Waals surface area (Å²) in [5.41, 5.74) is 7.06. The molecule has 0 amide bonds. The molecule has 0 fully saturated rings. The quantitative estimate of drug-likeness (QED) is 0.485. The molecular weight excluding hydrogens is 276 g/mol. The van der Waals surface area contributed by atoms with Crippen molar-refractivity contribution in [2.45, 2.75) is 46.5 Å². The van der Waals surface area contributed by atoms with Gasteiger partial charge in [0.05, 0.1) is 0 Å². The van der Waals surface area contributed by atoms with Gasteiger partial charge in [0.1, 0.15) is 0 Å². The van der Waals surface area contributed by atoms with E-state index in [1.54, 1.807) is 0 Å². The first-order chi connectivity index (χ1) is 11.0. The van der Waals surface area contributed by atoms with Gasteiger partial charge in [-0.05, 0) is 63.4 Å². The SMILES string of the molecule is Cc1cc(-c2ccc3ccccc3c2)cc(C(C)C)c1C(C)C. The number of benzene rings is 3. The molecule has 23 heavy (non-hydrogen) atoms. The Kier molecular flexibility index (Phi) is 4.26. The molecule has 0 radical (unpaired) electrons. The van der Waals surface area contributed by atoms with Crippen molar-refractivity contribution in [2.24, 2.45) is 0 Å². The van der Waals surface area contributed by atoms with Crippen LogP contribution in [-0.4, -0.2) is 0 Å². The molecule has 0 aromatic heterocycles. The third-order valence-electron chi connectivity index (χ3n) is 4.70. The lowest BCUT2D eigenvalue weighted by atomic mass is 9.84. The fraction of sp³-hybridized carbons (Fsp3) is 0.304. The predicted molar refractivity (Wildman–Crippen MR) is 102 cm³/mol. The summed E-state index contributed by atoms with van der Waals surface area (Å²) in [6, 6.07) is 20.1. The molecule has 0 aliphatic heterocycles. The molecule has 0 unspecified atom stereocenters. The normalized spacial score (nSPS) is 11.6. The zero-order valence-corrected chi connectivity index (χ0v) is 14.9. The largest absolute Gasteiger partial charge is 0.0616 e. The van der Waals surface area contributed by atoms with Crippen LogP contribution in [0.5, 0.6) is 0 Å². The first-order valence-electron chi connectivity index (χ1n) is 8.61. The summed E-state index contributed by atoms with van der Waals surface area (Å²) in [6.07, 6.45) is 0. The second-order valence-corrected chi connectivity index (χ2v) is 7.17. The van der Waals surface area contributed by atoms with Crippen molar-refractivity contribution in [1.29, 1.82) is 0 Å². The minimum absolute atomic E-state index is 0.548. The van der Waals surface area contributed by atoms with Crippen LogP contribution in [0.2, 0.25) is 0 Å². The van der Waals surface area contributed by atoms with Gasteiger partial charge in [-0.1, -0.05) is 76.2 Å². The van der Waals surface area contributed by atoms with Crippen LogP contribution >= 0.6 is 0 Å². The van der Waals surface area contributed by atoms with Gasteiger partial charge in [0.15, 0.2) is 0 Å². The monoisotopic (exact) mass is 302 g/mol. The number of rotatable bonds is 3. The van der Waals surface area contributed by atoms with E-state index in [2.05, 4.69) is 89.2 Å².